The second-order valence-corrected chi connectivity index (χ2v) is 8.62. The lowest BCUT2D eigenvalue weighted by Gasteiger charge is -2.40. The molecule has 2 rings (SSSR count). The van der Waals surface area contributed by atoms with E-state index in [0.717, 1.165) is 17.9 Å². The Bertz CT molecular complexity index is 461. The van der Waals surface area contributed by atoms with E-state index < -0.39 is 0 Å². The maximum Gasteiger partial charge on any atom is 0.243 e. The summed E-state index contributed by atoms with van der Waals surface area (Å²) in [4.78, 5) is 20.6. The van der Waals surface area contributed by atoms with Gasteiger partial charge in [-0.3, -0.25) is 4.79 Å². The molecule has 1 amide bonds. The van der Waals surface area contributed by atoms with Crippen molar-refractivity contribution in [1.82, 2.24) is 20.4 Å². The SMILES string of the molecule is CC1CCN(C2CCC(NC(=NCC(=O)N(C)C)NC(C)C)CC2)CC1. The molecular formula is C20H39N5O. The molecule has 1 aliphatic carbocycles. The fourth-order valence-electron chi connectivity index (χ4n) is 3.87. The molecule has 6 nitrogen and oxygen atoms in total. The van der Waals surface area contributed by atoms with Gasteiger partial charge in [0.05, 0.1) is 0 Å². The van der Waals surface area contributed by atoms with Gasteiger partial charge in [0.2, 0.25) is 5.91 Å². The number of piperidine rings is 1. The van der Waals surface area contributed by atoms with Crippen LogP contribution in [0.4, 0.5) is 0 Å². The van der Waals surface area contributed by atoms with Crippen LogP contribution in [0.3, 0.4) is 0 Å². The van der Waals surface area contributed by atoms with Crippen LogP contribution in [0.2, 0.25) is 0 Å². The van der Waals surface area contributed by atoms with E-state index in [0.29, 0.717) is 12.1 Å². The number of nitrogens with zero attached hydrogens (tertiary/aromatic N) is 3. The third-order valence-electron chi connectivity index (χ3n) is 5.67. The number of amides is 1. The summed E-state index contributed by atoms with van der Waals surface area (Å²) in [5.41, 5.74) is 0. The molecule has 0 atom stereocenters. The predicted octanol–water partition coefficient (Wildman–Crippen LogP) is 2.06. The highest BCUT2D eigenvalue weighted by Gasteiger charge is 2.28. The van der Waals surface area contributed by atoms with E-state index in [1.165, 1.54) is 51.6 Å². The van der Waals surface area contributed by atoms with Crippen molar-refractivity contribution < 1.29 is 4.79 Å². The van der Waals surface area contributed by atoms with Crippen molar-refractivity contribution in [1.29, 1.82) is 0 Å². The first-order chi connectivity index (χ1) is 12.3. The third kappa shape index (κ3) is 6.78. The van der Waals surface area contributed by atoms with Gasteiger partial charge in [-0.15, -0.1) is 0 Å². The molecule has 26 heavy (non-hydrogen) atoms. The zero-order valence-electron chi connectivity index (χ0n) is 17.4. The monoisotopic (exact) mass is 365 g/mol. The fraction of sp³-hybridized carbons (Fsp3) is 0.900. The number of carbonyl (C=O) groups excluding carboxylic acids is 1. The number of hydrogen-bond acceptors (Lipinski definition) is 3. The molecule has 1 heterocycles. The van der Waals surface area contributed by atoms with Gasteiger partial charge in [-0.2, -0.15) is 0 Å². The summed E-state index contributed by atoms with van der Waals surface area (Å²) < 4.78 is 0. The van der Waals surface area contributed by atoms with Crippen LogP contribution in [-0.2, 0) is 4.79 Å². The van der Waals surface area contributed by atoms with Crippen molar-refractivity contribution >= 4 is 11.9 Å². The van der Waals surface area contributed by atoms with E-state index in [2.05, 4.69) is 41.3 Å². The maximum atomic E-state index is 11.8. The molecule has 0 unspecified atom stereocenters. The first kappa shape index (κ1) is 21.0. The normalized spacial score (nSPS) is 26.0. The highest BCUT2D eigenvalue weighted by atomic mass is 16.2. The van der Waals surface area contributed by atoms with Gasteiger partial charge in [0.25, 0.3) is 0 Å². The minimum Gasteiger partial charge on any atom is -0.354 e. The van der Waals surface area contributed by atoms with Crippen molar-refractivity contribution in [2.24, 2.45) is 10.9 Å². The van der Waals surface area contributed by atoms with E-state index in [-0.39, 0.29) is 12.5 Å². The quantitative estimate of drug-likeness (QED) is 0.578. The second-order valence-electron chi connectivity index (χ2n) is 8.62. The summed E-state index contributed by atoms with van der Waals surface area (Å²) in [6.45, 7) is 9.31. The van der Waals surface area contributed by atoms with Crippen LogP contribution in [-0.4, -0.2) is 73.5 Å². The van der Waals surface area contributed by atoms with Crippen LogP contribution in [0.5, 0.6) is 0 Å². The van der Waals surface area contributed by atoms with E-state index in [4.69, 9.17) is 0 Å². The smallest absolute Gasteiger partial charge is 0.243 e. The Morgan fingerprint density at radius 1 is 1.12 bits per heavy atom. The topological polar surface area (TPSA) is 60.0 Å². The van der Waals surface area contributed by atoms with Gasteiger partial charge in [0.15, 0.2) is 5.96 Å². The molecule has 0 radical (unpaired) electrons. The number of rotatable bonds is 5. The number of nitrogens with one attached hydrogen (secondary N) is 2. The summed E-state index contributed by atoms with van der Waals surface area (Å²) in [6, 6.07) is 1.51. The van der Waals surface area contributed by atoms with Gasteiger partial charge in [-0.05, 0) is 71.4 Å². The Morgan fingerprint density at radius 3 is 2.27 bits per heavy atom. The Balaban J connectivity index is 1.82. The number of guanidine groups is 1. The summed E-state index contributed by atoms with van der Waals surface area (Å²) in [5.74, 6) is 1.69. The van der Waals surface area contributed by atoms with Crippen LogP contribution >= 0.6 is 0 Å². The highest BCUT2D eigenvalue weighted by molar-refractivity contribution is 5.85. The molecule has 1 saturated heterocycles. The van der Waals surface area contributed by atoms with E-state index in [1.807, 2.05) is 0 Å². The zero-order chi connectivity index (χ0) is 19.1. The minimum absolute atomic E-state index is 0.0258. The van der Waals surface area contributed by atoms with E-state index >= 15 is 0 Å². The van der Waals surface area contributed by atoms with Gasteiger partial charge >= 0.3 is 0 Å². The van der Waals surface area contributed by atoms with E-state index in [9.17, 15) is 4.79 Å². The average molecular weight is 366 g/mol. The number of likely N-dealkylation sites (N-methyl/N-ethyl adjacent to an activating group) is 1. The van der Waals surface area contributed by atoms with Crippen LogP contribution in [0.1, 0.15) is 59.3 Å². The van der Waals surface area contributed by atoms with Crippen molar-refractivity contribution in [3.8, 4) is 0 Å². The molecule has 0 aromatic heterocycles. The lowest BCUT2D eigenvalue weighted by atomic mass is 9.88. The molecule has 1 aliphatic heterocycles. The lowest BCUT2D eigenvalue weighted by Crippen LogP contribution is -2.50. The predicted molar refractivity (Wildman–Crippen MR) is 108 cm³/mol. The van der Waals surface area contributed by atoms with Crippen molar-refractivity contribution in [2.45, 2.75) is 77.4 Å². The molecule has 2 fully saturated rings. The Labute approximate surface area is 159 Å². The summed E-state index contributed by atoms with van der Waals surface area (Å²) in [6.07, 6.45) is 7.59. The highest BCUT2D eigenvalue weighted by Crippen LogP contribution is 2.27. The van der Waals surface area contributed by atoms with Crippen molar-refractivity contribution in [2.75, 3.05) is 33.7 Å². The van der Waals surface area contributed by atoms with Gasteiger partial charge < -0.3 is 20.4 Å². The van der Waals surface area contributed by atoms with Crippen molar-refractivity contribution in [3.05, 3.63) is 0 Å². The van der Waals surface area contributed by atoms with Gasteiger partial charge in [-0.1, -0.05) is 6.92 Å². The molecule has 1 saturated carbocycles. The number of likely N-dealkylation sites (tertiary alicyclic amines) is 1. The number of aliphatic imine (C=N–C) groups is 1. The third-order valence-corrected chi connectivity index (χ3v) is 5.67. The average Bonchev–Trinajstić information content (AvgIpc) is 2.60. The number of hydrogen-bond donors (Lipinski definition) is 2. The Hall–Kier alpha value is -1.30. The molecule has 0 aromatic carbocycles. The Morgan fingerprint density at radius 2 is 1.73 bits per heavy atom. The van der Waals surface area contributed by atoms with Crippen LogP contribution in [0.25, 0.3) is 0 Å². The van der Waals surface area contributed by atoms with E-state index in [1.54, 1.807) is 19.0 Å². The van der Waals surface area contributed by atoms with Gasteiger partial charge in [-0.25, -0.2) is 4.99 Å². The molecule has 2 N–H and O–H groups in total. The van der Waals surface area contributed by atoms with Gasteiger partial charge in [0.1, 0.15) is 6.54 Å². The first-order valence-corrected chi connectivity index (χ1v) is 10.4. The largest absolute Gasteiger partial charge is 0.354 e. The minimum atomic E-state index is 0.0258. The zero-order valence-corrected chi connectivity index (χ0v) is 17.4. The Kier molecular flexibility index (Phi) is 8.19. The summed E-state index contributed by atoms with van der Waals surface area (Å²) >= 11 is 0. The molecular weight excluding hydrogens is 326 g/mol. The first-order valence-electron chi connectivity index (χ1n) is 10.4. The lowest BCUT2D eigenvalue weighted by molar-refractivity contribution is -0.127. The van der Waals surface area contributed by atoms with Crippen molar-refractivity contribution in [3.63, 3.8) is 0 Å². The summed E-state index contributed by atoms with van der Waals surface area (Å²) in [7, 11) is 3.53. The summed E-state index contributed by atoms with van der Waals surface area (Å²) in [5, 5.41) is 6.92. The van der Waals surface area contributed by atoms with Crippen LogP contribution in [0.15, 0.2) is 4.99 Å². The standard InChI is InChI=1S/C20H39N5O/c1-15(2)22-20(21-14-19(26)24(4)5)23-17-6-8-18(9-7-17)25-12-10-16(3)11-13-25/h15-18H,6-14H2,1-5H3,(H2,21,22,23). The van der Waals surface area contributed by atoms with Crippen LogP contribution < -0.4 is 10.6 Å². The molecule has 2 aliphatic rings. The molecule has 6 heteroatoms. The molecule has 0 spiro atoms. The van der Waals surface area contributed by atoms with Gasteiger partial charge in [0, 0.05) is 32.2 Å². The molecule has 0 bridgehead atoms. The van der Waals surface area contributed by atoms with Crippen LogP contribution in [0, 0.1) is 5.92 Å². The molecule has 150 valence electrons. The second kappa shape index (κ2) is 10.1. The molecule has 0 aromatic rings. The fourth-order valence-corrected chi connectivity index (χ4v) is 3.87. The number of carbonyl (C=O) groups is 1. The maximum absolute atomic E-state index is 11.8.